The molecule has 27 heavy (non-hydrogen) atoms. The topological polar surface area (TPSA) is 78.5 Å². The summed E-state index contributed by atoms with van der Waals surface area (Å²) >= 11 is 0. The normalized spacial score (nSPS) is 19.1. The Bertz CT molecular complexity index is 898. The number of nitrogens with zero attached hydrogens (tertiary/aromatic N) is 1. The lowest BCUT2D eigenvalue weighted by Gasteiger charge is -2.20. The van der Waals surface area contributed by atoms with Gasteiger partial charge in [0.15, 0.2) is 0 Å². The molecule has 6 nitrogen and oxygen atoms in total. The lowest BCUT2D eigenvalue weighted by Crippen LogP contribution is -2.41. The van der Waals surface area contributed by atoms with Gasteiger partial charge in [0.2, 0.25) is 10.0 Å². The highest BCUT2D eigenvalue weighted by atomic mass is 32.2. The highest BCUT2D eigenvalue weighted by molar-refractivity contribution is 7.89. The van der Waals surface area contributed by atoms with Gasteiger partial charge in [-0.15, -0.1) is 0 Å². The molecule has 0 aliphatic carbocycles. The highest BCUT2D eigenvalue weighted by Gasteiger charge is 2.34. The average molecular weight is 388 g/mol. The summed E-state index contributed by atoms with van der Waals surface area (Å²) in [5.74, 6) is 0. The van der Waals surface area contributed by atoms with Gasteiger partial charge in [-0.1, -0.05) is 48.5 Å². The molecule has 1 aliphatic heterocycles. The van der Waals surface area contributed by atoms with Crippen LogP contribution >= 0.6 is 0 Å². The summed E-state index contributed by atoms with van der Waals surface area (Å²) in [6, 6.07) is 15.8. The van der Waals surface area contributed by atoms with E-state index in [1.807, 2.05) is 44.2 Å². The fourth-order valence-electron chi connectivity index (χ4n) is 3.25. The van der Waals surface area contributed by atoms with Crippen LogP contribution in [0.2, 0.25) is 0 Å². The predicted octanol–water partition coefficient (Wildman–Crippen LogP) is 3.03. The SMILES string of the molecule is CC(C)NC(=O)N[C@H]1CCN(Cc2ccccc2)S(=O)(=O)c2ccccc21. The Hall–Kier alpha value is -2.38. The second kappa shape index (κ2) is 8.10. The molecule has 0 radical (unpaired) electrons. The lowest BCUT2D eigenvalue weighted by atomic mass is 10.0. The number of sulfonamides is 1. The van der Waals surface area contributed by atoms with E-state index in [4.69, 9.17) is 0 Å². The summed E-state index contributed by atoms with van der Waals surface area (Å²) in [4.78, 5) is 12.5. The minimum atomic E-state index is -3.65. The van der Waals surface area contributed by atoms with Crippen molar-refractivity contribution in [3.63, 3.8) is 0 Å². The van der Waals surface area contributed by atoms with Gasteiger partial charge in [-0.3, -0.25) is 0 Å². The van der Waals surface area contributed by atoms with Gasteiger partial charge < -0.3 is 10.6 Å². The molecule has 2 N–H and O–H groups in total. The summed E-state index contributed by atoms with van der Waals surface area (Å²) in [6.45, 7) is 4.40. The summed E-state index contributed by atoms with van der Waals surface area (Å²) in [5.41, 5.74) is 1.56. The molecule has 3 rings (SSSR count). The van der Waals surface area contributed by atoms with E-state index in [1.54, 1.807) is 24.3 Å². The lowest BCUT2D eigenvalue weighted by molar-refractivity contribution is 0.233. The van der Waals surface area contributed by atoms with Crippen molar-refractivity contribution in [2.45, 2.75) is 43.8 Å². The Morgan fingerprint density at radius 2 is 1.78 bits per heavy atom. The first-order valence-electron chi connectivity index (χ1n) is 9.08. The number of carbonyl (C=O) groups excluding carboxylic acids is 1. The van der Waals surface area contributed by atoms with Crippen LogP contribution in [0, 0.1) is 0 Å². The van der Waals surface area contributed by atoms with Crippen molar-refractivity contribution >= 4 is 16.1 Å². The predicted molar refractivity (Wildman–Crippen MR) is 105 cm³/mol. The van der Waals surface area contributed by atoms with Gasteiger partial charge in [-0.05, 0) is 37.5 Å². The molecule has 2 aromatic rings. The van der Waals surface area contributed by atoms with Gasteiger partial charge in [-0.2, -0.15) is 4.31 Å². The number of urea groups is 1. The maximum absolute atomic E-state index is 13.2. The molecule has 1 atom stereocenters. The average Bonchev–Trinajstić information content (AvgIpc) is 2.72. The first-order valence-corrected chi connectivity index (χ1v) is 10.5. The van der Waals surface area contributed by atoms with Crippen molar-refractivity contribution < 1.29 is 13.2 Å². The minimum absolute atomic E-state index is 0.00401. The van der Waals surface area contributed by atoms with Crippen LogP contribution in [0.25, 0.3) is 0 Å². The van der Waals surface area contributed by atoms with Crippen LogP contribution < -0.4 is 10.6 Å². The summed E-state index contributed by atoms with van der Waals surface area (Å²) in [6.07, 6.45) is 0.509. The number of hydrogen-bond donors (Lipinski definition) is 2. The van der Waals surface area contributed by atoms with Crippen molar-refractivity contribution in [3.05, 3.63) is 65.7 Å². The van der Waals surface area contributed by atoms with Crippen LogP contribution in [0.5, 0.6) is 0 Å². The van der Waals surface area contributed by atoms with Crippen LogP contribution in [0.1, 0.15) is 37.4 Å². The van der Waals surface area contributed by atoms with E-state index >= 15 is 0 Å². The molecule has 7 heteroatoms. The minimum Gasteiger partial charge on any atom is -0.336 e. The molecule has 1 heterocycles. The monoisotopic (exact) mass is 387 g/mol. The Morgan fingerprint density at radius 1 is 1.11 bits per heavy atom. The van der Waals surface area contributed by atoms with E-state index in [2.05, 4.69) is 10.6 Å². The second-order valence-corrected chi connectivity index (χ2v) is 8.88. The Kier molecular flexibility index (Phi) is 5.82. The molecule has 2 aromatic carbocycles. The first kappa shape index (κ1) is 19.4. The van der Waals surface area contributed by atoms with E-state index in [1.165, 1.54) is 4.31 Å². The summed E-state index contributed by atoms with van der Waals surface area (Å²) in [5, 5.41) is 5.73. The molecule has 1 aliphatic rings. The van der Waals surface area contributed by atoms with Crippen LogP contribution in [-0.2, 0) is 16.6 Å². The molecule has 0 saturated carbocycles. The van der Waals surface area contributed by atoms with E-state index in [9.17, 15) is 13.2 Å². The maximum atomic E-state index is 13.2. The smallest absolute Gasteiger partial charge is 0.315 e. The summed E-state index contributed by atoms with van der Waals surface area (Å²) < 4.78 is 28.0. The third-order valence-electron chi connectivity index (χ3n) is 4.51. The molecule has 144 valence electrons. The second-order valence-electron chi connectivity index (χ2n) is 6.98. The molecule has 0 saturated heterocycles. The van der Waals surface area contributed by atoms with Crippen molar-refractivity contribution in [1.29, 1.82) is 0 Å². The molecule has 0 fully saturated rings. The van der Waals surface area contributed by atoms with Crippen molar-refractivity contribution in [3.8, 4) is 0 Å². The number of benzene rings is 2. The van der Waals surface area contributed by atoms with Gasteiger partial charge in [0.1, 0.15) is 0 Å². The van der Waals surface area contributed by atoms with Gasteiger partial charge in [0.05, 0.1) is 10.9 Å². The molecule has 2 amide bonds. The van der Waals surface area contributed by atoms with E-state index < -0.39 is 10.0 Å². The van der Waals surface area contributed by atoms with Crippen molar-refractivity contribution in [2.75, 3.05) is 6.54 Å². The number of fused-ring (bicyclic) bond motifs is 1. The maximum Gasteiger partial charge on any atom is 0.315 e. The Balaban J connectivity index is 1.91. The van der Waals surface area contributed by atoms with Gasteiger partial charge in [-0.25, -0.2) is 13.2 Å². The number of nitrogens with one attached hydrogen (secondary N) is 2. The van der Waals surface area contributed by atoms with Gasteiger partial charge >= 0.3 is 6.03 Å². The zero-order valence-electron chi connectivity index (χ0n) is 15.6. The van der Waals surface area contributed by atoms with Gasteiger partial charge in [0, 0.05) is 19.1 Å². The number of hydrogen-bond acceptors (Lipinski definition) is 3. The van der Waals surface area contributed by atoms with Crippen LogP contribution in [-0.4, -0.2) is 31.3 Å². The Labute approximate surface area is 160 Å². The number of amides is 2. The number of rotatable bonds is 4. The third kappa shape index (κ3) is 4.48. The van der Waals surface area contributed by atoms with Crippen molar-refractivity contribution in [1.82, 2.24) is 14.9 Å². The first-order chi connectivity index (χ1) is 12.9. The zero-order valence-corrected chi connectivity index (χ0v) is 16.4. The highest BCUT2D eigenvalue weighted by Crippen LogP contribution is 2.32. The van der Waals surface area contributed by atoms with Crippen LogP contribution in [0.3, 0.4) is 0 Å². The van der Waals surface area contributed by atoms with E-state index in [0.29, 0.717) is 25.1 Å². The van der Waals surface area contributed by atoms with E-state index in [-0.39, 0.29) is 23.0 Å². The largest absolute Gasteiger partial charge is 0.336 e. The molecular formula is C20H25N3O3S. The molecule has 0 unspecified atom stereocenters. The molecular weight excluding hydrogens is 362 g/mol. The van der Waals surface area contributed by atoms with Crippen LogP contribution in [0.15, 0.2) is 59.5 Å². The molecule has 0 bridgehead atoms. The molecule has 0 spiro atoms. The summed E-state index contributed by atoms with van der Waals surface area (Å²) in [7, 11) is -3.65. The number of carbonyl (C=O) groups is 1. The standard InChI is InChI=1S/C20H25N3O3S/c1-15(2)21-20(24)22-18-12-13-23(14-16-8-4-3-5-9-16)27(25,26)19-11-7-6-10-17(18)19/h3-11,15,18H,12-14H2,1-2H3,(H2,21,22,24)/t18-/m0/s1. The van der Waals surface area contributed by atoms with Crippen molar-refractivity contribution in [2.24, 2.45) is 0 Å². The van der Waals surface area contributed by atoms with E-state index in [0.717, 1.165) is 5.56 Å². The quantitative estimate of drug-likeness (QED) is 0.846. The third-order valence-corrected chi connectivity index (χ3v) is 6.43. The zero-order chi connectivity index (χ0) is 19.4. The fourth-order valence-corrected chi connectivity index (χ4v) is 4.96. The fraction of sp³-hybridized carbons (Fsp3) is 0.350. The Morgan fingerprint density at radius 3 is 2.48 bits per heavy atom. The molecule has 0 aromatic heterocycles. The van der Waals surface area contributed by atoms with Crippen LogP contribution in [0.4, 0.5) is 4.79 Å². The van der Waals surface area contributed by atoms with Gasteiger partial charge in [0.25, 0.3) is 0 Å².